The lowest BCUT2D eigenvalue weighted by Gasteiger charge is -2.24. The number of phenolic OH excluding ortho intramolecular Hbond substituents is 1. The molecule has 0 atom stereocenters. The summed E-state index contributed by atoms with van der Waals surface area (Å²) in [4.78, 5) is 82.2. The summed E-state index contributed by atoms with van der Waals surface area (Å²) in [5.41, 5.74) is 7.55. The maximum absolute atomic E-state index is 13.5. The number of hydrogen-bond donors (Lipinski definition) is 7. The number of nitrogens with zero attached hydrogens (tertiary/aromatic N) is 3. The van der Waals surface area contributed by atoms with Crippen LogP contribution in [0.25, 0.3) is 77.2 Å². The predicted octanol–water partition coefficient (Wildman–Crippen LogP) is 24.9. The van der Waals surface area contributed by atoms with Crippen LogP contribution in [0.2, 0.25) is 5.02 Å². The van der Waals surface area contributed by atoms with Gasteiger partial charge in [0.05, 0.1) is 86.9 Å². The number of nitrogens with one attached hydrogen (secondary N) is 6. The van der Waals surface area contributed by atoms with Gasteiger partial charge >= 0.3 is 6.09 Å². The lowest BCUT2D eigenvalue weighted by molar-refractivity contribution is 0.0241. The molecule has 122 heavy (non-hydrogen) atoms. The maximum atomic E-state index is 13.5. The molecule has 1 aliphatic rings. The summed E-state index contributed by atoms with van der Waals surface area (Å²) >= 11 is 9.34. The third-order valence-electron chi connectivity index (χ3n) is 15.5. The predicted molar refractivity (Wildman–Crippen MR) is 511 cm³/mol. The molecule has 7 aromatic carbocycles. The number of anilines is 2. The molecule has 0 bridgehead atoms. The fraction of sp³-hybridized carbons (Fsp3) is 0.392. The Kier molecular flexibility index (Phi) is 43.0. The van der Waals surface area contributed by atoms with Gasteiger partial charge in [-0.3, -0.25) is 24.1 Å². The summed E-state index contributed by atoms with van der Waals surface area (Å²) in [5, 5.41) is 26.3. The van der Waals surface area contributed by atoms with E-state index in [0.717, 1.165) is 101 Å². The van der Waals surface area contributed by atoms with E-state index in [2.05, 4.69) is 158 Å². The first-order valence-corrected chi connectivity index (χ1v) is 42.9. The van der Waals surface area contributed by atoms with Crippen molar-refractivity contribution in [1.29, 1.82) is 0 Å². The fourth-order valence-corrected chi connectivity index (χ4v) is 12.6. The Balaban J connectivity index is 0.000000297. The van der Waals surface area contributed by atoms with Gasteiger partial charge in [-0.1, -0.05) is 140 Å². The van der Waals surface area contributed by atoms with Crippen LogP contribution in [0.4, 0.5) is 19.4 Å². The fourth-order valence-electron chi connectivity index (χ4n) is 10.6. The van der Waals surface area contributed by atoms with E-state index in [1.165, 1.54) is 45.8 Å². The van der Waals surface area contributed by atoms with Crippen LogP contribution in [0.1, 0.15) is 169 Å². The van der Waals surface area contributed by atoms with Crippen molar-refractivity contribution in [2.24, 2.45) is 29.6 Å². The summed E-state index contributed by atoms with van der Waals surface area (Å²) in [5.74, 6) is 7.79. The molecule has 21 nitrogen and oxygen atoms in total. The van der Waals surface area contributed by atoms with Crippen molar-refractivity contribution in [3.05, 3.63) is 231 Å². The second kappa shape index (κ2) is 50.9. The molecule has 14 rings (SSSR count). The van der Waals surface area contributed by atoms with Crippen molar-refractivity contribution < 1.29 is 42.7 Å². The number of hydrogen-bond acceptors (Lipinski definition) is 18. The highest BCUT2D eigenvalue weighted by molar-refractivity contribution is 7.14. The Labute approximate surface area is 732 Å². The first kappa shape index (κ1) is 103. The summed E-state index contributed by atoms with van der Waals surface area (Å²) in [6.45, 7) is 48.8. The largest absolute Gasteiger partial charge is 0.507 e. The lowest BCUT2D eigenvalue weighted by atomic mass is 10.1. The highest BCUT2D eigenvalue weighted by Crippen LogP contribution is 2.34. The van der Waals surface area contributed by atoms with Gasteiger partial charge in [0.25, 0.3) is 0 Å². The number of H-pyrrole nitrogens is 4. The van der Waals surface area contributed by atoms with E-state index >= 15 is 0 Å². The number of carbonyl (C=O) groups excluding carboxylic acids is 1. The van der Waals surface area contributed by atoms with Crippen LogP contribution in [0.5, 0.6) is 34.5 Å². The quantitative estimate of drug-likeness (QED) is 0.0634. The van der Waals surface area contributed by atoms with Crippen LogP contribution in [0.15, 0.2) is 182 Å². The third-order valence-corrected chi connectivity index (χ3v) is 17.4. The molecule has 25 heteroatoms. The number of phenols is 1. The Hall–Kier alpha value is -11.2. The molecule has 0 aliphatic carbocycles. The zero-order valence-corrected chi connectivity index (χ0v) is 78.8. The van der Waals surface area contributed by atoms with Gasteiger partial charge in [0, 0.05) is 116 Å². The SMILES string of the molecule is CC(C)(C)OC(=O)N1Cc2cccc(F)c2C1.CC(C)C.CC(C)C.CC(C)C.CC(C)C.CC(C)C.COc1ccc2c(=O)cc(-c3csc(NC(C)C)n3)[nH]c2c1.COc1ccc2c(=O)cc(-c3csc(NC(C)C)n3)[nH]c2c1Cl.COc1ccc2c(=O)cc[nH]c2c1.COc1ccc2c(=O)cc[nH]c2c1C.COc1ccc2c(O)cccc2c1. The number of fused-ring (bicyclic) bond motifs is 6. The highest BCUT2D eigenvalue weighted by Gasteiger charge is 2.29. The van der Waals surface area contributed by atoms with Crippen molar-refractivity contribution >= 4 is 105 Å². The summed E-state index contributed by atoms with van der Waals surface area (Å²) in [6, 6.07) is 40.4. The molecule has 0 spiro atoms. The number of aromatic amines is 4. The van der Waals surface area contributed by atoms with Crippen molar-refractivity contribution in [1.82, 2.24) is 34.8 Å². The second-order valence-electron chi connectivity index (χ2n) is 33.3. The van der Waals surface area contributed by atoms with Crippen LogP contribution in [0.3, 0.4) is 0 Å². The van der Waals surface area contributed by atoms with Crippen molar-refractivity contribution in [3.63, 3.8) is 0 Å². The van der Waals surface area contributed by atoms with E-state index in [9.17, 15) is 33.5 Å². The number of benzene rings is 7. The molecular weight excluding hydrogens is 1600 g/mol. The molecular formula is C97H129ClFN9O12S2. The minimum absolute atomic E-state index is 0.0244. The number of halogens is 2. The molecule has 7 N–H and O–H groups in total. The molecule has 660 valence electrons. The van der Waals surface area contributed by atoms with Crippen LogP contribution in [0, 0.1) is 42.3 Å². The van der Waals surface area contributed by atoms with Crippen LogP contribution in [-0.2, 0) is 17.8 Å². The van der Waals surface area contributed by atoms with Crippen molar-refractivity contribution in [2.75, 3.05) is 46.2 Å². The number of rotatable bonds is 11. The molecule has 0 saturated heterocycles. The van der Waals surface area contributed by atoms with Crippen molar-refractivity contribution in [2.45, 2.75) is 190 Å². The zero-order chi connectivity index (χ0) is 91.4. The minimum Gasteiger partial charge on any atom is -0.507 e. The number of ether oxygens (including phenoxy) is 6. The smallest absolute Gasteiger partial charge is 0.410 e. The molecule has 0 radical (unpaired) electrons. The number of aromatic hydroxyl groups is 1. The molecule has 0 saturated carbocycles. The third kappa shape index (κ3) is 34.7. The Morgan fingerprint density at radius 2 is 0.918 bits per heavy atom. The number of carbonyl (C=O) groups is 1. The van der Waals surface area contributed by atoms with Gasteiger partial charge in [-0.25, -0.2) is 19.2 Å². The first-order valence-electron chi connectivity index (χ1n) is 40.8. The van der Waals surface area contributed by atoms with E-state index in [-0.39, 0.29) is 34.1 Å². The summed E-state index contributed by atoms with van der Waals surface area (Å²) < 4.78 is 44.5. The molecule has 7 heterocycles. The van der Waals surface area contributed by atoms with Gasteiger partial charge in [-0.2, -0.15) is 0 Å². The van der Waals surface area contributed by atoms with Crippen molar-refractivity contribution in [3.8, 4) is 57.3 Å². The molecule has 0 fully saturated rings. The number of methoxy groups -OCH3 is 5. The molecule has 6 aromatic heterocycles. The van der Waals surface area contributed by atoms with Gasteiger partial charge in [-0.15, -0.1) is 22.7 Å². The summed E-state index contributed by atoms with van der Waals surface area (Å²) in [7, 11) is 7.99. The number of amides is 1. The first-order chi connectivity index (χ1) is 57.4. The highest BCUT2D eigenvalue weighted by atomic mass is 35.5. The molecule has 0 unspecified atom stereocenters. The summed E-state index contributed by atoms with van der Waals surface area (Å²) in [6.07, 6.45) is 2.88. The topological polar surface area (TPSA) is 277 Å². The van der Waals surface area contributed by atoms with E-state index in [4.69, 9.17) is 40.0 Å². The minimum atomic E-state index is -0.523. The Morgan fingerprint density at radius 3 is 1.40 bits per heavy atom. The number of aromatic nitrogens is 6. The number of pyridine rings is 4. The Morgan fingerprint density at radius 1 is 0.492 bits per heavy atom. The van der Waals surface area contributed by atoms with Gasteiger partial charge < -0.3 is 64.1 Å². The maximum Gasteiger partial charge on any atom is 0.410 e. The molecule has 1 amide bonds. The van der Waals surface area contributed by atoms with Crippen LogP contribution >= 0.6 is 34.3 Å². The molecule has 13 aromatic rings. The van der Waals surface area contributed by atoms with E-state index in [1.54, 1.807) is 121 Å². The van der Waals surface area contributed by atoms with E-state index < -0.39 is 11.7 Å². The number of thiazole rings is 2. The van der Waals surface area contributed by atoms with Crippen LogP contribution < -0.4 is 56.0 Å². The van der Waals surface area contributed by atoms with Gasteiger partial charge in [-0.05, 0) is 175 Å². The van der Waals surface area contributed by atoms with Gasteiger partial charge in [0.2, 0.25) is 0 Å². The van der Waals surface area contributed by atoms with Gasteiger partial charge in [0.1, 0.15) is 50.9 Å². The van der Waals surface area contributed by atoms with E-state index in [1.807, 2.05) is 101 Å². The average molecular weight is 1730 g/mol. The van der Waals surface area contributed by atoms with Gasteiger partial charge in [0.15, 0.2) is 32.0 Å². The second-order valence-corrected chi connectivity index (χ2v) is 35.4. The van der Waals surface area contributed by atoms with E-state index in [0.29, 0.717) is 90.6 Å². The zero-order valence-electron chi connectivity index (χ0n) is 76.4. The normalized spacial score (nSPS) is 11.0. The Bertz CT molecular complexity index is 5620. The lowest BCUT2D eigenvalue weighted by Crippen LogP contribution is -2.33. The number of aryl methyl sites for hydroxylation is 1. The molecule has 1 aliphatic heterocycles. The standard InChI is InChI=1S/C16H16ClN3O2S.C16H17N3O2S.C13H16FNO2.C11H11NO2.C11H10O2.C10H9NO2.5C4H10/c1-8(2)18-16-20-11(7-23-16)10-6-12(21)9-4-5-13(22-3)14(17)15(9)19-10;1-9(2)17-16-19-14(8-22-16)13-7-15(20)11-5-4-10(21-3)6-12(11)18-13;1-13(2,3)17-12(16)15-7-9-5-4-6-11(14)10(9)8-15;1-7-10(14-2)4-3-8-9(13)5-6-12-11(7)8;1-13-9-5-6-10-8(7-9)3-2-4-11(10)12;1-13-7-2-3-8-9(6-7)11-5-4-10(8)12;5*1-4(2)3/h4-8H,1-3H3,(H,18,20)(H,19,21);4-9H,1-3H3,(H,17,19)(H,18,20);4-6H,7-8H2,1-3H3;3-6H,1-2H3,(H,12,13);2-7,12H,1H3;2-6H,1H3,(H,11,12);5*4H,1-3H3. The van der Waals surface area contributed by atoms with Crippen LogP contribution in [-0.4, -0.2) is 99.2 Å². The average Bonchev–Trinajstić information content (AvgIpc) is 1.15. The monoisotopic (exact) mass is 1730 g/mol.